The lowest BCUT2D eigenvalue weighted by Gasteiger charge is -2.27. The molecule has 0 aliphatic carbocycles. The fraction of sp³-hybridized carbons (Fsp3) is 0.526. The van der Waals surface area contributed by atoms with Crippen molar-refractivity contribution in [3.8, 4) is 5.75 Å². The van der Waals surface area contributed by atoms with Gasteiger partial charge in [0, 0.05) is 37.0 Å². The summed E-state index contributed by atoms with van der Waals surface area (Å²) in [5, 5.41) is 7.14. The van der Waals surface area contributed by atoms with Gasteiger partial charge in [0.15, 0.2) is 0 Å². The van der Waals surface area contributed by atoms with E-state index in [-0.39, 0.29) is 18.6 Å². The van der Waals surface area contributed by atoms with Crippen molar-refractivity contribution in [3.63, 3.8) is 0 Å². The standard InChI is InChI=1S/C19H23N5O5/c1-28-14-6-4-13(5-7-14)22-8-9-23-17(26)18(27)24(21-19(22)23)12-16(25)20-11-15-3-2-10-29-15/h4-7,15,19H,2-3,8-12H2,1H3/p+1. The zero-order valence-electron chi connectivity index (χ0n) is 16.2. The van der Waals surface area contributed by atoms with Crippen LogP contribution < -0.4 is 15.0 Å². The van der Waals surface area contributed by atoms with Crippen LogP contribution in [0.4, 0.5) is 5.69 Å². The molecule has 2 saturated heterocycles. The van der Waals surface area contributed by atoms with Crippen molar-refractivity contribution in [1.29, 1.82) is 0 Å². The van der Waals surface area contributed by atoms with Crippen LogP contribution in [0.25, 0.3) is 0 Å². The minimum absolute atomic E-state index is 0.00506. The van der Waals surface area contributed by atoms with Crippen LogP contribution in [0.2, 0.25) is 0 Å². The van der Waals surface area contributed by atoms with E-state index in [1.807, 2.05) is 29.2 Å². The van der Waals surface area contributed by atoms with Gasteiger partial charge in [-0.2, -0.15) is 0 Å². The molecule has 1 N–H and O–H groups in total. The molecule has 0 spiro atoms. The van der Waals surface area contributed by atoms with Crippen molar-refractivity contribution in [2.24, 2.45) is 5.11 Å². The van der Waals surface area contributed by atoms with Gasteiger partial charge in [-0.3, -0.25) is 14.5 Å². The molecule has 3 aliphatic rings. The summed E-state index contributed by atoms with van der Waals surface area (Å²) in [6, 6.07) is 7.39. The van der Waals surface area contributed by atoms with Crippen molar-refractivity contribution in [3.05, 3.63) is 24.3 Å². The van der Waals surface area contributed by atoms with E-state index < -0.39 is 18.1 Å². The van der Waals surface area contributed by atoms with Gasteiger partial charge in [-0.15, -0.1) is 0 Å². The highest BCUT2D eigenvalue weighted by molar-refractivity contribution is 6.31. The van der Waals surface area contributed by atoms with Gasteiger partial charge in [0.2, 0.25) is 0 Å². The molecule has 1 aromatic rings. The summed E-state index contributed by atoms with van der Waals surface area (Å²) in [7, 11) is 1.59. The van der Waals surface area contributed by atoms with Gasteiger partial charge in [-0.05, 0) is 41.8 Å². The summed E-state index contributed by atoms with van der Waals surface area (Å²) in [6.45, 7) is 1.73. The molecule has 10 heteroatoms. The number of methoxy groups -OCH3 is 1. The maximum Gasteiger partial charge on any atom is 0.502 e. The Kier molecular flexibility index (Phi) is 5.43. The zero-order valence-corrected chi connectivity index (χ0v) is 16.2. The van der Waals surface area contributed by atoms with E-state index in [9.17, 15) is 14.4 Å². The molecule has 0 saturated carbocycles. The SMILES string of the molecule is COc1ccc(N2CCN3C(=O)C(=O)[N+](CC(=O)NCC4CCCO4)=NC32)cc1. The van der Waals surface area contributed by atoms with Crippen LogP contribution in [0.15, 0.2) is 29.4 Å². The Hall–Kier alpha value is -3.01. The predicted molar refractivity (Wildman–Crippen MR) is 100 cm³/mol. The van der Waals surface area contributed by atoms with Gasteiger partial charge in [-0.25, -0.2) is 4.79 Å². The van der Waals surface area contributed by atoms with Gasteiger partial charge in [0.25, 0.3) is 18.7 Å². The van der Waals surface area contributed by atoms with Crippen LogP contribution in [-0.4, -0.2) is 79.6 Å². The lowest BCUT2D eigenvalue weighted by molar-refractivity contribution is -0.509. The van der Waals surface area contributed by atoms with Crippen LogP contribution in [-0.2, 0) is 19.1 Å². The van der Waals surface area contributed by atoms with E-state index in [0.29, 0.717) is 26.2 Å². The molecule has 2 atom stereocenters. The summed E-state index contributed by atoms with van der Waals surface area (Å²) in [4.78, 5) is 40.5. The first-order chi connectivity index (χ1) is 14.1. The molecular weight excluding hydrogens is 378 g/mol. The Morgan fingerprint density at radius 3 is 2.72 bits per heavy atom. The molecule has 2 unspecified atom stereocenters. The van der Waals surface area contributed by atoms with Crippen LogP contribution in [0.3, 0.4) is 0 Å². The molecule has 10 nitrogen and oxygen atoms in total. The average Bonchev–Trinajstić information content (AvgIpc) is 3.40. The number of fused-ring (bicyclic) bond motifs is 1. The molecule has 1 aromatic carbocycles. The summed E-state index contributed by atoms with van der Waals surface area (Å²) in [5.74, 6) is -1.08. The number of nitrogens with one attached hydrogen (secondary N) is 1. The minimum Gasteiger partial charge on any atom is -0.497 e. The summed E-state index contributed by atoms with van der Waals surface area (Å²) >= 11 is 0. The van der Waals surface area contributed by atoms with Crippen molar-refractivity contribution in [1.82, 2.24) is 10.2 Å². The maximum atomic E-state index is 12.5. The molecule has 3 aliphatic heterocycles. The Labute approximate surface area is 168 Å². The van der Waals surface area contributed by atoms with Gasteiger partial charge in [-0.1, -0.05) is 0 Å². The topological polar surface area (TPSA) is 104 Å². The van der Waals surface area contributed by atoms with Crippen molar-refractivity contribution in [2.45, 2.75) is 25.2 Å². The zero-order chi connectivity index (χ0) is 20.4. The van der Waals surface area contributed by atoms with E-state index in [1.54, 1.807) is 7.11 Å². The second kappa shape index (κ2) is 8.16. The minimum atomic E-state index is -0.787. The summed E-state index contributed by atoms with van der Waals surface area (Å²) in [6.07, 6.45) is 1.23. The second-order valence-electron chi connectivity index (χ2n) is 7.15. The largest absolute Gasteiger partial charge is 0.502 e. The highest BCUT2D eigenvalue weighted by Gasteiger charge is 2.49. The third kappa shape index (κ3) is 3.93. The van der Waals surface area contributed by atoms with E-state index in [2.05, 4.69) is 10.4 Å². The molecular formula is C19H24N5O5+. The third-order valence-corrected chi connectivity index (χ3v) is 5.31. The number of carbonyl (C=O) groups excluding carboxylic acids is 3. The molecule has 2 fully saturated rings. The fourth-order valence-corrected chi connectivity index (χ4v) is 3.73. The smallest absolute Gasteiger partial charge is 0.497 e. The molecule has 0 aromatic heterocycles. The first-order valence-electron chi connectivity index (χ1n) is 9.69. The Morgan fingerprint density at radius 2 is 2.03 bits per heavy atom. The highest BCUT2D eigenvalue weighted by Crippen LogP contribution is 2.28. The predicted octanol–water partition coefficient (Wildman–Crippen LogP) is -0.0725. The van der Waals surface area contributed by atoms with Gasteiger partial charge in [0.05, 0.1) is 13.2 Å². The van der Waals surface area contributed by atoms with Crippen molar-refractivity contribution in [2.75, 3.05) is 44.8 Å². The van der Waals surface area contributed by atoms with Crippen LogP contribution in [0.5, 0.6) is 5.75 Å². The van der Waals surface area contributed by atoms with Crippen molar-refractivity contribution < 1.29 is 28.6 Å². The fourth-order valence-electron chi connectivity index (χ4n) is 3.73. The van der Waals surface area contributed by atoms with E-state index in [0.717, 1.165) is 29.0 Å². The van der Waals surface area contributed by atoms with Gasteiger partial charge >= 0.3 is 11.8 Å². The molecule has 4 rings (SSSR count). The summed E-state index contributed by atoms with van der Waals surface area (Å²) < 4.78 is 11.6. The van der Waals surface area contributed by atoms with E-state index in [1.165, 1.54) is 4.90 Å². The Balaban J connectivity index is 1.47. The number of ether oxygens (including phenoxy) is 2. The average molecular weight is 402 g/mol. The highest BCUT2D eigenvalue weighted by atomic mass is 16.5. The molecule has 154 valence electrons. The summed E-state index contributed by atoms with van der Waals surface area (Å²) in [5.41, 5.74) is 0.854. The van der Waals surface area contributed by atoms with Gasteiger partial charge < -0.3 is 19.7 Å². The first-order valence-corrected chi connectivity index (χ1v) is 9.69. The number of rotatable bonds is 6. The Bertz CT molecular complexity index is 834. The molecule has 0 bridgehead atoms. The number of amides is 3. The number of hydrogen-bond donors (Lipinski definition) is 1. The van der Waals surface area contributed by atoms with Gasteiger partial charge in [0.1, 0.15) is 5.75 Å². The number of benzene rings is 1. The number of hydrogen-bond acceptors (Lipinski definition) is 7. The first kappa shape index (κ1) is 19.3. The maximum absolute atomic E-state index is 12.5. The van der Waals surface area contributed by atoms with E-state index >= 15 is 0 Å². The second-order valence-corrected chi connectivity index (χ2v) is 7.15. The molecule has 3 amide bonds. The van der Waals surface area contributed by atoms with Crippen LogP contribution in [0, 0.1) is 0 Å². The lowest BCUT2D eigenvalue weighted by Crippen LogP contribution is -2.53. The van der Waals surface area contributed by atoms with E-state index in [4.69, 9.17) is 9.47 Å². The quantitative estimate of drug-likeness (QED) is 0.528. The Morgan fingerprint density at radius 1 is 1.28 bits per heavy atom. The molecule has 3 heterocycles. The third-order valence-electron chi connectivity index (χ3n) is 5.31. The number of nitrogens with zero attached hydrogens (tertiary/aromatic N) is 4. The normalized spacial score (nSPS) is 23.8. The number of carbonyl (C=O) groups is 3. The number of anilines is 1. The van der Waals surface area contributed by atoms with Crippen molar-refractivity contribution >= 4 is 23.4 Å². The molecule has 29 heavy (non-hydrogen) atoms. The molecule has 0 radical (unpaired) electrons. The van der Waals surface area contributed by atoms with Crippen LogP contribution in [0.1, 0.15) is 12.8 Å². The van der Waals surface area contributed by atoms with Crippen LogP contribution >= 0.6 is 0 Å². The monoisotopic (exact) mass is 402 g/mol. The number of azo groups is 2. The lowest BCUT2D eigenvalue weighted by atomic mass is 10.2.